The average Bonchev–Trinajstić information content (AvgIpc) is 3.03. The Balaban J connectivity index is 1.77. The molecule has 3 heterocycles. The Morgan fingerprint density at radius 2 is 1.73 bits per heavy atom. The molecule has 2 aliphatic rings. The molecule has 1 saturated heterocycles. The van der Waals surface area contributed by atoms with Gasteiger partial charge in [0.1, 0.15) is 6.04 Å². The van der Waals surface area contributed by atoms with Crippen LogP contribution in [0.5, 0.6) is 0 Å². The van der Waals surface area contributed by atoms with Gasteiger partial charge < -0.3 is 14.8 Å². The van der Waals surface area contributed by atoms with Gasteiger partial charge in [-0.25, -0.2) is 0 Å². The van der Waals surface area contributed by atoms with E-state index in [-0.39, 0.29) is 24.4 Å². The minimum absolute atomic E-state index is 0.00439. The molecule has 2 aliphatic heterocycles. The lowest BCUT2D eigenvalue weighted by atomic mass is 9.86. The van der Waals surface area contributed by atoms with Crippen LogP contribution in [0.4, 0.5) is 0 Å². The van der Waals surface area contributed by atoms with E-state index in [0.717, 1.165) is 27.7 Å². The number of nitrogens with zero attached hydrogens (tertiary/aromatic N) is 2. The van der Waals surface area contributed by atoms with Crippen molar-refractivity contribution in [1.29, 1.82) is 0 Å². The number of amides is 2. The third-order valence-electron chi connectivity index (χ3n) is 5.57. The van der Waals surface area contributed by atoms with Crippen LogP contribution in [0.15, 0.2) is 54.6 Å². The maximum Gasteiger partial charge on any atom is 0.245 e. The molecule has 0 saturated carbocycles. The molecule has 3 aromatic rings. The minimum atomic E-state index is -0.446. The fourth-order valence-electron chi connectivity index (χ4n) is 4.39. The number of aromatic nitrogens is 1. The molecular formula is C21H19N3O2. The summed E-state index contributed by atoms with van der Waals surface area (Å²) < 4.78 is 0. The molecule has 0 spiro atoms. The first kappa shape index (κ1) is 15.2. The fraction of sp³-hybridized carbons (Fsp3) is 0.238. The number of benzene rings is 2. The van der Waals surface area contributed by atoms with Crippen LogP contribution in [0.2, 0.25) is 0 Å². The lowest BCUT2D eigenvalue weighted by molar-refractivity contribution is -0.157. The van der Waals surface area contributed by atoms with Crippen LogP contribution in [0.1, 0.15) is 22.9 Å². The van der Waals surface area contributed by atoms with Gasteiger partial charge in [-0.1, -0.05) is 48.5 Å². The van der Waals surface area contributed by atoms with Crippen molar-refractivity contribution in [3.63, 3.8) is 0 Å². The van der Waals surface area contributed by atoms with Gasteiger partial charge in [0.05, 0.1) is 12.6 Å². The summed E-state index contributed by atoms with van der Waals surface area (Å²) in [5, 5.41) is 1.14. The van der Waals surface area contributed by atoms with Gasteiger partial charge in [0, 0.05) is 30.1 Å². The summed E-state index contributed by atoms with van der Waals surface area (Å²) >= 11 is 0. The van der Waals surface area contributed by atoms with Gasteiger partial charge in [-0.2, -0.15) is 0 Å². The average molecular weight is 345 g/mol. The summed E-state index contributed by atoms with van der Waals surface area (Å²) in [5.74, 6) is 0.0109. The van der Waals surface area contributed by atoms with Gasteiger partial charge in [0.15, 0.2) is 0 Å². The second kappa shape index (κ2) is 5.46. The lowest BCUT2D eigenvalue weighted by Crippen LogP contribution is -2.62. The molecule has 130 valence electrons. The molecule has 5 nitrogen and oxygen atoms in total. The molecule has 5 heteroatoms. The molecule has 1 aromatic heterocycles. The molecule has 2 amide bonds. The van der Waals surface area contributed by atoms with Crippen molar-refractivity contribution in [2.75, 3.05) is 13.6 Å². The number of H-pyrrole nitrogens is 1. The molecule has 26 heavy (non-hydrogen) atoms. The number of carbonyl (C=O) groups is 2. The summed E-state index contributed by atoms with van der Waals surface area (Å²) in [4.78, 5) is 32.6. The van der Waals surface area contributed by atoms with E-state index in [1.54, 1.807) is 16.8 Å². The molecule has 2 aromatic carbocycles. The van der Waals surface area contributed by atoms with E-state index in [1.807, 2.05) is 48.5 Å². The number of rotatable bonds is 1. The normalized spacial score (nSPS) is 22.5. The molecule has 1 N–H and O–H groups in total. The number of piperazine rings is 1. The predicted molar refractivity (Wildman–Crippen MR) is 98.6 cm³/mol. The number of hydrogen-bond acceptors (Lipinski definition) is 2. The first-order valence-electron chi connectivity index (χ1n) is 8.85. The summed E-state index contributed by atoms with van der Waals surface area (Å²) in [6, 6.07) is 17.4. The summed E-state index contributed by atoms with van der Waals surface area (Å²) in [5.41, 5.74) is 4.24. The van der Waals surface area contributed by atoms with Crippen LogP contribution in [0.25, 0.3) is 10.9 Å². The highest BCUT2D eigenvalue weighted by molar-refractivity contribution is 5.97. The van der Waals surface area contributed by atoms with Gasteiger partial charge in [-0.15, -0.1) is 0 Å². The zero-order valence-corrected chi connectivity index (χ0v) is 14.5. The number of para-hydroxylation sites is 1. The number of hydrogen-bond donors (Lipinski definition) is 1. The minimum Gasteiger partial charge on any atom is -0.356 e. The van der Waals surface area contributed by atoms with Crippen molar-refractivity contribution in [1.82, 2.24) is 14.8 Å². The summed E-state index contributed by atoms with van der Waals surface area (Å²) in [6.07, 6.45) is 0.553. The Kier molecular flexibility index (Phi) is 3.19. The van der Waals surface area contributed by atoms with Gasteiger partial charge in [0.25, 0.3) is 0 Å². The van der Waals surface area contributed by atoms with Gasteiger partial charge in [-0.3, -0.25) is 9.59 Å². The SMILES string of the molecule is CN1CC(=O)N2C(c3ccccc3)c3[nH]c4ccccc4c3C[C@H]2C1=O. The maximum atomic E-state index is 12.9. The fourth-order valence-corrected chi connectivity index (χ4v) is 4.39. The predicted octanol–water partition coefficient (Wildman–Crippen LogP) is 2.48. The van der Waals surface area contributed by atoms with Crippen LogP contribution in [0.3, 0.4) is 0 Å². The third kappa shape index (κ3) is 2.03. The summed E-state index contributed by atoms with van der Waals surface area (Å²) in [7, 11) is 1.71. The first-order valence-corrected chi connectivity index (χ1v) is 8.85. The Bertz CT molecular complexity index is 1020. The molecular weight excluding hydrogens is 326 g/mol. The first-order chi connectivity index (χ1) is 12.6. The van der Waals surface area contributed by atoms with Crippen LogP contribution < -0.4 is 0 Å². The number of aromatic amines is 1. The molecule has 0 radical (unpaired) electrons. The van der Waals surface area contributed by atoms with Crippen molar-refractivity contribution in [2.45, 2.75) is 18.5 Å². The number of nitrogens with one attached hydrogen (secondary N) is 1. The largest absolute Gasteiger partial charge is 0.356 e. The van der Waals surface area contributed by atoms with E-state index in [4.69, 9.17) is 0 Å². The maximum absolute atomic E-state index is 12.9. The van der Waals surface area contributed by atoms with Gasteiger partial charge in [0.2, 0.25) is 11.8 Å². The Morgan fingerprint density at radius 3 is 2.54 bits per heavy atom. The Hall–Kier alpha value is -3.08. The molecule has 0 aliphatic carbocycles. The second-order valence-corrected chi connectivity index (χ2v) is 7.09. The van der Waals surface area contributed by atoms with E-state index in [0.29, 0.717) is 6.42 Å². The van der Waals surface area contributed by atoms with Crippen LogP contribution in [0, 0.1) is 0 Å². The molecule has 1 unspecified atom stereocenters. The van der Waals surface area contributed by atoms with Crippen LogP contribution in [-0.4, -0.2) is 46.2 Å². The van der Waals surface area contributed by atoms with Crippen molar-refractivity contribution >= 4 is 22.7 Å². The highest BCUT2D eigenvalue weighted by Gasteiger charge is 2.47. The summed E-state index contributed by atoms with van der Waals surface area (Å²) in [6.45, 7) is 0.133. The zero-order valence-electron chi connectivity index (χ0n) is 14.5. The molecule has 1 fully saturated rings. The van der Waals surface area contributed by atoms with Crippen molar-refractivity contribution < 1.29 is 9.59 Å². The smallest absolute Gasteiger partial charge is 0.245 e. The highest BCUT2D eigenvalue weighted by atomic mass is 16.2. The van der Waals surface area contributed by atoms with Gasteiger partial charge in [-0.05, 0) is 17.2 Å². The number of likely N-dealkylation sites (N-methyl/N-ethyl adjacent to an activating group) is 1. The van der Waals surface area contributed by atoms with E-state index < -0.39 is 6.04 Å². The Labute approximate surface area is 151 Å². The Morgan fingerprint density at radius 1 is 1.00 bits per heavy atom. The molecule has 2 atom stereocenters. The van der Waals surface area contributed by atoms with Crippen molar-refractivity contribution in [3.8, 4) is 0 Å². The lowest BCUT2D eigenvalue weighted by Gasteiger charge is -2.46. The quantitative estimate of drug-likeness (QED) is 0.737. The number of fused-ring (bicyclic) bond motifs is 4. The second-order valence-electron chi connectivity index (χ2n) is 7.09. The van der Waals surface area contributed by atoms with E-state index in [9.17, 15) is 9.59 Å². The third-order valence-corrected chi connectivity index (χ3v) is 5.57. The van der Waals surface area contributed by atoms with E-state index >= 15 is 0 Å². The van der Waals surface area contributed by atoms with Crippen molar-refractivity contribution in [3.05, 3.63) is 71.4 Å². The standard InChI is InChI=1S/C21H19N3O2/c1-23-12-18(25)24-17(21(23)26)11-15-14-9-5-6-10-16(14)22-19(15)20(24)13-7-3-2-4-8-13/h2-10,17,20,22H,11-12H2,1H3/t17-,20?/m0/s1. The van der Waals surface area contributed by atoms with Crippen LogP contribution in [-0.2, 0) is 16.0 Å². The monoisotopic (exact) mass is 345 g/mol. The van der Waals surface area contributed by atoms with E-state index in [1.165, 1.54) is 0 Å². The highest BCUT2D eigenvalue weighted by Crippen LogP contribution is 2.42. The zero-order chi connectivity index (χ0) is 17.8. The van der Waals surface area contributed by atoms with E-state index in [2.05, 4.69) is 11.1 Å². The van der Waals surface area contributed by atoms with Gasteiger partial charge >= 0.3 is 0 Å². The molecule has 5 rings (SSSR count). The number of carbonyl (C=O) groups excluding carboxylic acids is 2. The molecule has 0 bridgehead atoms. The van der Waals surface area contributed by atoms with Crippen LogP contribution >= 0.6 is 0 Å². The van der Waals surface area contributed by atoms with Crippen molar-refractivity contribution in [2.24, 2.45) is 0 Å². The topological polar surface area (TPSA) is 56.4 Å².